The smallest absolute Gasteiger partial charge is 0.266 e. The van der Waals surface area contributed by atoms with E-state index in [0.29, 0.717) is 22.2 Å². The Hall–Kier alpha value is -1.96. The van der Waals surface area contributed by atoms with E-state index in [1.807, 2.05) is 54.3 Å². The van der Waals surface area contributed by atoms with Crippen molar-refractivity contribution < 1.29 is 14.5 Å². The highest BCUT2D eigenvalue weighted by atomic mass is 32.2. The van der Waals surface area contributed by atoms with Gasteiger partial charge in [-0.3, -0.25) is 14.5 Å². The number of rotatable bonds is 5. The molecule has 0 spiro atoms. The topological polar surface area (TPSA) is 45.1 Å². The second-order valence-electron chi connectivity index (χ2n) is 7.22. The van der Waals surface area contributed by atoms with Crippen LogP contribution < -0.4 is 4.90 Å². The third kappa shape index (κ3) is 5.31. The van der Waals surface area contributed by atoms with Gasteiger partial charge in [0.1, 0.15) is 4.32 Å². The van der Waals surface area contributed by atoms with E-state index in [1.165, 1.54) is 16.7 Å². The minimum absolute atomic E-state index is 0.102. The molecular formula is C21H26N3O2S2+. The van der Waals surface area contributed by atoms with Gasteiger partial charge < -0.3 is 9.80 Å². The first-order chi connectivity index (χ1) is 13.4. The van der Waals surface area contributed by atoms with Gasteiger partial charge in [0.05, 0.1) is 38.1 Å². The number of benzene rings is 1. The van der Waals surface area contributed by atoms with Crippen LogP contribution in [0, 0.1) is 0 Å². The predicted molar refractivity (Wildman–Crippen MR) is 118 cm³/mol. The number of quaternary nitrogens is 1. The van der Waals surface area contributed by atoms with Crippen LogP contribution in [0.3, 0.4) is 0 Å². The molecule has 3 rings (SSSR count). The monoisotopic (exact) mass is 416 g/mol. The zero-order chi connectivity index (χ0) is 20.1. The van der Waals surface area contributed by atoms with Crippen molar-refractivity contribution in [2.45, 2.75) is 13.3 Å². The third-order valence-corrected chi connectivity index (χ3v) is 6.32. The van der Waals surface area contributed by atoms with Crippen LogP contribution >= 0.6 is 24.0 Å². The molecule has 0 bridgehead atoms. The number of nitrogens with zero attached hydrogens (tertiary/aromatic N) is 2. The van der Waals surface area contributed by atoms with Crippen LogP contribution in [-0.4, -0.2) is 65.7 Å². The maximum Gasteiger partial charge on any atom is 0.266 e. The number of amides is 2. The number of hydrogen-bond donors (Lipinski definition) is 1. The number of nitrogens with one attached hydrogen (secondary N) is 1. The molecule has 2 fully saturated rings. The molecule has 2 aliphatic rings. The van der Waals surface area contributed by atoms with Gasteiger partial charge in [-0.2, -0.15) is 0 Å². The fourth-order valence-electron chi connectivity index (χ4n) is 3.26. The number of carbonyl (C=O) groups is 2. The molecule has 0 aromatic heterocycles. The van der Waals surface area contributed by atoms with E-state index in [4.69, 9.17) is 12.2 Å². The number of thioether (sulfide) groups is 1. The summed E-state index contributed by atoms with van der Waals surface area (Å²) in [7, 11) is 2.14. The van der Waals surface area contributed by atoms with Crippen LogP contribution in [-0.2, 0) is 9.59 Å². The van der Waals surface area contributed by atoms with Crippen LogP contribution in [0.1, 0.15) is 18.9 Å². The first-order valence-corrected chi connectivity index (χ1v) is 10.7. The average Bonchev–Trinajstić information content (AvgIpc) is 2.94. The lowest BCUT2D eigenvalue weighted by Crippen LogP contribution is -3.12. The Labute approximate surface area is 176 Å². The lowest BCUT2D eigenvalue weighted by Gasteiger charge is -2.30. The second kappa shape index (κ2) is 9.49. The van der Waals surface area contributed by atoms with Crippen molar-refractivity contribution in [1.29, 1.82) is 0 Å². The molecule has 0 aliphatic carbocycles. The van der Waals surface area contributed by atoms with E-state index in [-0.39, 0.29) is 11.8 Å². The normalized spacial score (nSPS) is 20.4. The van der Waals surface area contributed by atoms with Crippen molar-refractivity contribution in [3.63, 3.8) is 0 Å². The van der Waals surface area contributed by atoms with Gasteiger partial charge in [-0.15, -0.1) is 0 Å². The quantitative estimate of drug-likeness (QED) is 0.585. The highest BCUT2D eigenvalue weighted by Gasteiger charge is 2.32. The lowest BCUT2D eigenvalue weighted by atomic mass is 10.1. The molecule has 1 N–H and O–H groups in total. The van der Waals surface area contributed by atoms with Crippen LogP contribution in [0.5, 0.6) is 0 Å². The highest BCUT2D eigenvalue weighted by Crippen LogP contribution is 2.32. The van der Waals surface area contributed by atoms with Gasteiger partial charge in [0.25, 0.3) is 5.91 Å². The summed E-state index contributed by atoms with van der Waals surface area (Å²) in [6.07, 6.45) is 4.22. The largest absolute Gasteiger partial charge is 0.334 e. The second-order valence-corrected chi connectivity index (χ2v) is 8.90. The Bertz CT molecular complexity index is 812. The summed E-state index contributed by atoms with van der Waals surface area (Å²) < 4.78 is 0.527. The van der Waals surface area contributed by atoms with E-state index >= 15 is 0 Å². The van der Waals surface area contributed by atoms with Gasteiger partial charge in [-0.25, -0.2) is 0 Å². The molecule has 0 unspecified atom stereocenters. The minimum atomic E-state index is -0.105. The van der Waals surface area contributed by atoms with Gasteiger partial charge in [0.2, 0.25) is 5.91 Å². The molecule has 1 aromatic carbocycles. The molecule has 148 valence electrons. The van der Waals surface area contributed by atoms with Crippen molar-refractivity contribution >= 4 is 46.2 Å². The summed E-state index contributed by atoms with van der Waals surface area (Å²) in [5, 5.41) is 0. The fraction of sp³-hybridized carbons (Fsp3) is 0.381. The molecule has 2 aliphatic heterocycles. The van der Waals surface area contributed by atoms with Crippen molar-refractivity contribution in [2.75, 3.05) is 39.8 Å². The Morgan fingerprint density at radius 3 is 2.61 bits per heavy atom. The maximum absolute atomic E-state index is 12.7. The van der Waals surface area contributed by atoms with Gasteiger partial charge >= 0.3 is 0 Å². The Morgan fingerprint density at radius 2 is 1.93 bits per heavy atom. The molecular weight excluding hydrogens is 390 g/mol. The van der Waals surface area contributed by atoms with Gasteiger partial charge in [-0.05, 0) is 24.1 Å². The highest BCUT2D eigenvalue weighted by molar-refractivity contribution is 8.26. The summed E-state index contributed by atoms with van der Waals surface area (Å²) in [6, 6.07) is 9.99. The van der Waals surface area contributed by atoms with Crippen LogP contribution in [0.2, 0.25) is 0 Å². The van der Waals surface area contributed by atoms with Crippen LogP contribution in [0.4, 0.5) is 0 Å². The van der Waals surface area contributed by atoms with Gasteiger partial charge in [0, 0.05) is 13.0 Å². The van der Waals surface area contributed by atoms with Crippen LogP contribution in [0.25, 0.3) is 6.08 Å². The van der Waals surface area contributed by atoms with E-state index in [1.54, 1.807) is 4.90 Å². The van der Waals surface area contributed by atoms with E-state index in [9.17, 15) is 9.59 Å². The first kappa shape index (κ1) is 20.8. The summed E-state index contributed by atoms with van der Waals surface area (Å²) in [4.78, 5) is 30.7. The zero-order valence-corrected chi connectivity index (χ0v) is 17.9. The molecule has 0 atom stereocenters. The third-order valence-electron chi connectivity index (χ3n) is 4.95. The fourth-order valence-corrected chi connectivity index (χ4v) is 4.62. The number of likely N-dealkylation sites (N-methyl/N-ethyl adjacent to an activating group) is 1. The summed E-state index contributed by atoms with van der Waals surface area (Å²) in [5.74, 6) is -0.00267. The molecule has 2 amide bonds. The summed E-state index contributed by atoms with van der Waals surface area (Å²) in [6.45, 7) is 5.84. The zero-order valence-electron chi connectivity index (χ0n) is 16.3. The number of allylic oxidation sites excluding steroid dienone is 2. The first-order valence-electron chi connectivity index (χ1n) is 9.52. The molecule has 7 heteroatoms. The molecule has 2 heterocycles. The average molecular weight is 417 g/mol. The summed E-state index contributed by atoms with van der Waals surface area (Å²) in [5.41, 5.74) is 2.08. The number of hydrogen-bond acceptors (Lipinski definition) is 4. The Balaban J connectivity index is 1.59. The summed E-state index contributed by atoms with van der Waals surface area (Å²) >= 11 is 6.69. The van der Waals surface area contributed by atoms with Crippen molar-refractivity contribution in [3.8, 4) is 0 Å². The predicted octanol–water partition coefficient (Wildman–Crippen LogP) is 1.58. The minimum Gasteiger partial charge on any atom is -0.334 e. The van der Waals surface area contributed by atoms with Gasteiger partial charge in [0.15, 0.2) is 0 Å². The number of carbonyl (C=O) groups excluding carboxylic acids is 2. The van der Waals surface area contributed by atoms with Gasteiger partial charge in [-0.1, -0.05) is 60.4 Å². The van der Waals surface area contributed by atoms with E-state index < -0.39 is 0 Å². The Kier molecular flexibility index (Phi) is 7.04. The van der Waals surface area contributed by atoms with Crippen molar-refractivity contribution in [1.82, 2.24) is 9.80 Å². The molecule has 1 aromatic rings. The number of piperazine rings is 1. The van der Waals surface area contributed by atoms with E-state index in [0.717, 1.165) is 37.3 Å². The Morgan fingerprint density at radius 1 is 1.25 bits per heavy atom. The molecule has 0 radical (unpaired) electrons. The molecule has 5 nitrogen and oxygen atoms in total. The van der Waals surface area contributed by atoms with Crippen molar-refractivity contribution in [3.05, 3.63) is 52.4 Å². The SMILES string of the molecule is CC(=Cc1ccccc1)C=C1SC(=S)N(CCC(=O)N2CC[NH+](C)CC2)C1=O. The number of thiocarbonyl (C=S) groups is 1. The molecule has 28 heavy (non-hydrogen) atoms. The lowest BCUT2D eigenvalue weighted by molar-refractivity contribution is -0.883. The van der Waals surface area contributed by atoms with Crippen LogP contribution in [0.15, 0.2) is 46.9 Å². The van der Waals surface area contributed by atoms with E-state index in [2.05, 4.69) is 7.05 Å². The van der Waals surface area contributed by atoms with Crippen molar-refractivity contribution in [2.24, 2.45) is 0 Å². The molecule has 0 saturated carbocycles. The standard InChI is InChI=1S/C21H25N3O2S2/c1-16(14-17-6-4-3-5-7-17)15-18-20(26)24(21(27)28-18)9-8-19(25)23-12-10-22(2)11-13-23/h3-7,14-15H,8-13H2,1-2H3/p+1. The molecule has 2 saturated heterocycles. The maximum atomic E-state index is 12.7.